The van der Waals surface area contributed by atoms with Gasteiger partial charge in [-0.15, -0.1) is 0 Å². The lowest BCUT2D eigenvalue weighted by atomic mass is 9.89. The van der Waals surface area contributed by atoms with Crippen molar-refractivity contribution in [3.05, 3.63) is 40.3 Å². The largest absolute Gasteiger partial charge is 0.487 e. The Morgan fingerprint density at radius 3 is 2.21 bits per heavy atom. The van der Waals surface area contributed by atoms with E-state index in [1.165, 1.54) is 0 Å². The SMILES string of the molecule is Cc1ccc(/C=C/B2OC(C)(C)C(C)(C)O2)cc1Cl. The van der Waals surface area contributed by atoms with Crippen molar-refractivity contribution in [2.24, 2.45) is 0 Å². The number of rotatable bonds is 2. The van der Waals surface area contributed by atoms with Crippen molar-refractivity contribution in [1.82, 2.24) is 0 Å². The molecule has 1 aliphatic heterocycles. The van der Waals surface area contributed by atoms with E-state index in [1.54, 1.807) is 0 Å². The normalized spacial score (nSPS) is 21.3. The summed E-state index contributed by atoms with van der Waals surface area (Å²) < 4.78 is 11.8. The van der Waals surface area contributed by atoms with Crippen LogP contribution in [0, 0.1) is 6.92 Å². The Morgan fingerprint density at radius 2 is 1.68 bits per heavy atom. The molecule has 1 aromatic carbocycles. The number of hydrogen-bond donors (Lipinski definition) is 0. The smallest absolute Gasteiger partial charge is 0.400 e. The maximum Gasteiger partial charge on any atom is 0.487 e. The summed E-state index contributed by atoms with van der Waals surface area (Å²) in [4.78, 5) is 0. The van der Waals surface area contributed by atoms with Gasteiger partial charge in [0.2, 0.25) is 0 Å². The van der Waals surface area contributed by atoms with Gasteiger partial charge in [-0.05, 0) is 51.8 Å². The van der Waals surface area contributed by atoms with Crippen LogP contribution >= 0.6 is 11.6 Å². The Labute approximate surface area is 120 Å². The third-order valence-corrected chi connectivity index (χ3v) is 4.32. The van der Waals surface area contributed by atoms with Crippen molar-refractivity contribution >= 4 is 24.8 Å². The summed E-state index contributed by atoms with van der Waals surface area (Å²) in [6.07, 6.45) is 1.98. The monoisotopic (exact) mass is 278 g/mol. The van der Waals surface area contributed by atoms with Crippen LogP contribution in [0.3, 0.4) is 0 Å². The second-order valence-corrected chi connectivity index (χ2v) is 6.40. The number of benzene rings is 1. The van der Waals surface area contributed by atoms with Crippen LogP contribution in [0.5, 0.6) is 0 Å². The first-order valence-corrected chi connectivity index (χ1v) is 6.89. The highest BCUT2D eigenvalue weighted by atomic mass is 35.5. The molecule has 4 heteroatoms. The van der Waals surface area contributed by atoms with Crippen LogP contribution in [-0.4, -0.2) is 18.3 Å². The highest BCUT2D eigenvalue weighted by Crippen LogP contribution is 2.37. The summed E-state index contributed by atoms with van der Waals surface area (Å²) in [5, 5.41) is 0.774. The average molecular weight is 279 g/mol. The fourth-order valence-corrected chi connectivity index (χ4v) is 2.06. The molecule has 0 amide bonds. The summed E-state index contributed by atoms with van der Waals surface area (Å²) >= 11 is 6.10. The second-order valence-electron chi connectivity index (χ2n) is 5.99. The van der Waals surface area contributed by atoms with E-state index in [0.29, 0.717) is 0 Å². The molecule has 0 radical (unpaired) electrons. The lowest BCUT2D eigenvalue weighted by Crippen LogP contribution is -2.41. The number of halogens is 1. The van der Waals surface area contributed by atoms with Crippen molar-refractivity contribution in [1.29, 1.82) is 0 Å². The molecule has 1 aliphatic rings. The highest BCUT2D eigenvalue weighted by molar-refractivity contribution is 6.52. The van der Waals surface area contributed by atoms with E-state index in [9.17, 15) is 0 Å². The zero-order valence-corrected chi connectivity index (χ0v) is 12.9. The molecule has 0 aromatic heterocycles. The second kappa shape index (κ2) is 4.97. The minimum absolute atomic E-state index is 0.299. The molecule has 1 saturated heterocycles. The topological polar surface area (TPSA) is 18.5 Å². The number of aryl methyl sites for hydroxylation is 1. The van der Waals surface area contributed by atoms with Crippen molar-refractivity contribution in [3.63, 3.8) is 0 Å². The Hall–Kier alpha value is -0.765. The van der Waals surface area contributed by atoms with Crippen molar-refractivity contribution in [3.8, 4) is 0 Å². The molecule has 0 bridgehead atoms. The Bertz CT molecular complexity index is 493. The van der Waals surface area contributed by atoms with Crippen molar-refractivity contribution in [2.45, 2.75) is 45.8 Å². The van der Waals surface area contributed by atoms with E-state index in [0.717, 1.165) is 16.1 Å². The molecule has 1 aromatic rings. The third-order valence-electron chi connectivity index (χ3n) is 3.91. The van der Waals surface area contributed by atoms with E-state index < -0.39 is 0 Å². The minimum Gasteiger partial charge on any atom is -0.400 e. The number of hydrogen-bond acceptors (Lipinski definition) is 2. The molecule has 0 atom stereocenters. The molecule has 0 unspecified atom stereocenters. The molecular formula is C15H20BClO2. The fourth-order valence-electron chi connectivity index (χ4n) is 1.87. The van der Waals surface area contributed by atoms with Crippen LogP contribution in [0.4, 0.5) is 0 Å². The molecule has 1 fully saturated rings. The first kappa shape index (κ1) is 14.6. The van der Waals surface area contributed by atoms with Gasteiger partial charge in [-0.25, -0.2) is 0 Å². The Morgan fingerprint density at radius 1 is 1.11 bits per heavy atom. The first-order valence-electron chi connectivity index (χ1n) is 6.51. The molecule has 2 rings (SSSR count). The maximum absolute atomic E-state index is 6.10. The van der Waals surface area contributed by atoms with Crippen LogP contribution in [0.1, 0.15) is 38.8 Å². The summed E-state index contributed by atoms with van der Waals surface area (Å²) in [6, 6.07) is 5.98. The summed E-state index contributed by atoms with van der Waals surface area (Å²) in [6.45, 7) is 10.2. The van der Waals surface area contributed by atoms with Gasteiger partial charge in [0.1, 0.15) is 0 Å². The molecule has 0 N–H and O–H groups in total. The highest BCUT2D eigenvalue weighted by Gasteiger charge is 2.49. The van der Waals surface area contributed by atoms with Gasteiger partial charge in [0.25, 0.3) is 0 Å². The Balaban J connectivity index is 2.10. The zero-order chi connectivity index (χ0) is 14.3. The summed E-state index contributed by atoms with van der Waals surface area (Å²) in [7, 11) is -0.315. The summed E-state index contributed by atoms with van der Waals surface area (Å²) in [5.74, 6) is 1.93. The predicted octanol–water partition coefficient (Wildman–Crippen LogP) is 4.29. The van der Waals surface area contributed by atoms with Crippen molar-refractivity contribution < 1.29 is 9.31 Å². The van der Waals surface area contributed by atoms with Gasteiger partial charge in [-0.3, -0.25) is 0 Å². The van der Waals surface area contributed by atoms with Crippen LogP contribution < -0.4 is 0 Å². The van der Waals surface area contributed by atoms with Crippen LogP contribution in [0.2, 0.25) is 5.02 Å². The van der Waals surface area contributed by atoms with E-state index in [2.05, 4.69) is 0 Å². The van der Waals surface area contributed by atoms with Crippen LogP contribution in [-0.2, 0) is 9.31 Å². The maximum atomic E-state index is 6.10. The molecule has 0 spiro atoms. The van der Waals surface area contributed by atoms with Gasteiger partial charge >= 0.3 is 7.12 Å². The van der Waals surface area contributed by atoms with E-state index in [1.807, 2.05) is 64.9 Å². The molecule has 19 heavy (non-hydrogen) atoms. The van der Waals surface area contributed by atoms with Gasteiger partial charge in [0.05, 0.1) is 11.2 Å². The average Bonchev–Trinajstić information content (AvgIpc) is 2.49. The quantitative estimate of drug-likeness (QED) is 0.751. The molecule has 0 saturated carbocycles. The van der Waals surface area contributed by atoms with Gasteiger partial charge in [-0.1, -0.05) is 35.8 Å². The van der Waals surface area contributed by atoms with Crippen molar-refractivity contribution in [2.75, 3.05) is 0 Å². The fraction of sp³-hybridized carbons (Fsp3) is 0.467. The van der Waals surface area contributed by atoms with E-state index >= 15 is 0 Å². The van der Waals surface area contributed by atoms with Gasteiger partial charge < -0.3 is 9.31 Å². The van der Waals surface area contributed by atoms with E-state index in [4.69, 9.17) is 20.9 Å². The molecule has 102 valence electrons. The molecule has 0 aliphatic carbocycles. The summed E-state index contributed by atoms with van der Waals surface area (Å²) in [5.41, 5.74) is 1.53. The van der Waals surface area contributed by atoms with E-state index in [-0.39, 0.29) is 18.3 Å². The van der Waals surface area contributed by atoms with Crippen LogP contribution in [0.25, 0.3) is 6.08 Å². The third kappa shape index (κ3) is 3.05. The predicted molar refractivity (Wildman–Crippen MR) is 81.3 cm³/mol. The zero-order valence-electron chi connectivity index (χ0n) is 12.2. The van der Waals surface area contributed by atoms with Crippen LogP contribution in [0.15, 0.2) is 24.2 Å². The van der Waals surface area contributed by atoms with Gasteiger partial charge in [0.15, 0.2) is 0 Å². The lowest BCUT2D eigenvalue weighted by molar-refractivity contribution is 0.00578. The molecule has 1 heterocycles. The minimum atomic E-state index is -0.315. The molecule has 2 nitrogen and oxygen atoms in total. The van der Waals surface area contributed by atoms with Gasteiger partial charge in [0, 0.05) is 5.02 Å². The van der Waals surface area contributed by atoms with Gasteiger partial charge in [-0.2, -0.15) is 0 Å². The molecular weight excluding hydrogens is 258 g/mol. The lowest BCUT2D eigenvalue weighted by Gasteiger charge is -2.32. The first-order chi connectivity index (χ1) is 8.71. The standard InChI is InChI=1S/C15H20BClO2/c1-11-6-7-12(10-13(11)17)8-9-16-18-14(2,3)15(4,5)19-16/h6-10H,1-5H3/b9-8+. The Kier molecular flexibility index (Phi) is 3.83.